The van der Waals surface area contributed by atoms with E-state index in [1.807, 2.05) is 0 Å². The minimum Gasteiger partial charge on any atom is -0.294 e. The van der Waals surface area contributed by atoms with Gasteiger partial charge in [-0.25, -0.2) is 0 Å². The first-order valence-corrected chi connectivity index (χ1v) is 7.39. The highest BCUT2D eigenvalue weighted by molar-refractivity contribution is 6.37. The van der Waals surface area contributed by atoms with Crippen molar-refractivity contribution in [2.75, 3.05) is 0 Å². The van der Waals surface area contributed by atoms with E-state index in [0.29, 0.717) is 0 Å². The molecule has 0 atom stereocenters. The summed E-state index contributed by atoms with van der Waals surface area (Å²) in [6.45, 7) is 2.36. The van der Waals surface area contributed by atoms with Crippen molar-refractivity contribution in [3.63, 3.8) is 0 Å². The predicted octanol–water partition coefficient (Wildman–Crippen LogP) is 3.23. The van der Waals surface area contributed by atoms with E-state index in [1.165, 1.54) is 38.1 Å². The van der Waals surface area contributed by atoms with Crippen LogP contribution in [0.3, 0.4) is 0 Å². The molecule has 0 heterocycles. The Hall–Kier alpha value is -3.14. The molecule has 0 spiro atoms. The minimum atomic E-state index is -0.627. The summed E-state index contributed by atoms with van der Waals surface area (Å²) in [5.74, 6) is -2.48. The molecular formula is C20H16O4. The van der Waals surface area contributed by atoms with Gasteiger partial charge in [-0.2, -0.15) is 0 Å². The summed E-state index contributed by atoms with van der Waals surface area (Å²) in [6, 6.07) is 16.2. The second kappa shape index (κ2) is 7.42. The van der Waals surface area contributed by atoms with Gasteiger partial charge in [0.1, 0.15) is 0 Å². The zero-order valence-corrected chi connectivity index (χ0v) is 13.4. The van der Waals surface area contributed by atoms with Crippen molar-refractivity contribution < 1.29 is 19.2 Å². The lowest BCUT2D eigenvalue weighted by atomic mass is 9.89. The van der Waals surface area contributed by atoms with Gasteiger partial charge in [0.05, 0.1) is 11.1 Å². The van der Waals surface area contributed by atoms with Gasteiger partial charge in [0.2, 0.25) is 0 Å². The van der Waals surface area contributed by atoms with Crippen LogP contribution in [0.15, 0.2) is 71.8 Å². The van der Waals surface area contributed by atoms with Crippen LogP contribution >= 0.6 is 0 Å². The highest BCUT2D eigenvalue weighted by atomic mass is 16.2. The first-order chi connectivity index (χ1) is 11.4. The van der Waals surface area contributed by atoms with Crippen molar-refractivity contribution in [1.82, 2.24) is 0 Å². The Morgan fingerprint density at radius 3 is 1.08 bits per heavy atom. The molecule has 0 aromatic heterocycles. The molecule has 0 saturated heterocycles. The summed E-state index contributed by atoms with van der Waals surface area (Å²) in [5, 5.41) is 0. The number of carbonyl (C=O) groups excluding carboxylic acids is 4. The van der Waals surface area contributed by atoms with Crippen molar-refractivity contribution >= 4 is 23.1 Å². The van der Waals surface area contributed by atoms with E-state index in [9.17, 15) is 19.2 Å². The molecule has 2 aromatic rings. The third-order valence-electron chi connectivity index (χ3n) is 3.48. The molecule has 0 saturated carbocycles. The van der Waals surface area contributed by atoms with E-state index in [-0.39, 0.29) is 22.3 Å². The van der Waals surface area contributed by atoms with Crippen molar-refractivity contribution in [3.8, 4) is 0 Å². The van der Waals surface area contributed by atoms with Crippen molar-refractivity contribution in [2.24, 2.45) is 0 Å². The van der Waals surface area contributed by atoms with E-state index in [0.717, 1.165) is 0 Å². The molecule has 2 aromatic carbocycles. The second-order valence-corrected chi connectivity index (χ2v) is 5.25. The van der Waals surface area contributed by atoms with Crippen LogP contribution < -0.4 is 0 Å². The molecule has 0 N–H and O–H groups in total. The first-order valence-electron chi connectivity index (χ1n) is 7.39. The molecule has 0 amide bonds. The largest absolute Gasteiger partial charge is 0.294 e. The van der Waals surface area contributed by atoms with Crippen LogP contribution in [0, 0.1) is 0 Å². The van der Waals surface area contributed by atoms with E-state index in [1.54, 1.807) is 36.4 Å². The summed E-state index contributed by atoms with van der Waals surface area (Å²) in [4.78, 5) is 49.5. The number of allylic oxidation sites excluding steroid dienone is 2. The molecule has 24 heavy (non-hydrogen) atoms. The van der Waals surface area contributed by atoms with Gasteiger partial charge >= 0.3 is 0 Å². The number of Topliss-reactive ketones (excluding diaryl/α,β-unsaturated/α-hetero) is 4. The SMILES string of the molecule is CC(=O)/C(C(=O)c1ccccc1)=C(\C(C)=O)C(=O)c1ccccc1. The van der Waals surface area contributed by atoms with Gasteiger partial charge in [0, 0.05) is 11.1 Å². The predicted molar refractivity (Wildman–Crippen MR) is 89.9 cm³/mol. The molecule has 120 valence electrons. The minimum absolute atomic E-state index is 0.252. The molecule has 0 radical (unpaired) electrons. The van der Waals surface area contributed by atoms with E-state index < -0.39 is 23.1 Å². The molecule has 0 aliphatic carbocycles. The quantitative estimate of drug-likeness (QED) is 0.355. The summed E-state index contributed by atoms with van der Waals surface area (Å²) in [6.07, 6.45) is 0. The van der Waals surface area contributed by atoms with Gasteiger partial charge in [-0.05, 0) is 13.8 Å². The number of ketones is 4. The van der Waals surface area contributed by atoms with Gasteiger partial charge in [0.15, 0.2) is 23.1 Å². The Labute approximate surface area is 139 Å². The second-order valence-electron chi connectivity index (χ2n) is 5.25. The smallest absolute Gasteiger partial charge is 0.197 e. The lowest BCUT2D eigenvalue weighted by molar-refractivity contribution is -0.115. The number of hydrogen-bond donors (Lipinski definition) is 0. The molecule has 2 rings (SSSR count). The van der Waals surface area contributed by atoms with Crippen LogP contribution in [0.1, 0.15) is 34.6 Å². The third-order valence-corrected chi connectivity index (χ3v) is 3.48. The molecule has 0 aliphatic rings. The fraction of sp³-hybridized carbons (Fsp3) is 0.100. The van der Waals surface area contributed by atoms with Crippen molar-refractivity contribution in [2.45, 2.75) is 13.8 Å². The monoisotopic (exact) mass is 320 g/mol. The molecule has 0 bridgehead atoms. The van der Waals surface area contributed by atoms with Gasteiger partial charge in [-0.15, -0.1) is 0 Å². The number of carbonyl (C=O) groups is 4. The van der Waals surface area contributed by atoms with E-state index in [4.69, 9.17) is 0 Å². The molecule has 0 aliphatic heterocycles. The van der Waals surface area contributed by atoms with Crippen molar-refractivity contribution in [3.05, 3.63) is 82.9 Å². The summed E-state index contributed by atoms with van der Waals surface area (Å²) >= 11 is 0. The summed E-state index contributed by atoms with van der Waals surface area (Å²) in [5.41, 5.74) is -0.241. The lowest BCUT2D eigenvalue weighted by Crippen LogP contribution is -2.22. The summed E-state index contributed by atoms with van der Waals surface area (Å²) in [7, 11) is 0. The highest BCUT2D eigenvalue weighted by Gasteiger charge is 2.28. The van der Waals surface area contributed by atoms with Crippen LogP contribution in [-0.4, -0.2) is 23.1 Å². The normalized spacial score (nSPS) is 11.4. The maximum absolute atomic E-state index is 12.7. The number of rotatable bonds is 6. The van der Waals surface area contributed by atoms with Crippen LogP contribution in [0.4, 0.5) is 0 Å². The zero-order chi connectivity index (χ0) is 17.7. The fourth-order valence-corrected chi connectivity index (χ4v) is 2.37. The van der Waals surface area contributed by atoms with Crippen LogP contribution in [0.25, 0.3) is 0 Å². The zero-order valence-electron chi connectivity index (χ0n) is 13.4. The highest BCUT2D eigenvalue weighted by Crippen LogP contribution is 2.19. The topological polar surface area (TPSA) is 68.3 Å². The van der Waals surface area contributed by atoms with Gasteiger partial charge in [0.25, 0.3) is 0 Å². The molecule has 0 unspecified atom stereocenters. The van der Waals surface area contributed by atoms with Gasteiger partial charge < -0.3 is 0 Å². The molecular weight excluding hydrogens is 304 g/mol. The Kier molecular flexibility index (Phi) is 5.32. The van der Waals surface area contributed by atoms with Gasteiger partial charge in [-0.1, -0.05) is 60.7 Å². The van der Waals surface area contributed by atoms with Crippen LogP contribution in [0.5, 0.6) is 0 Å². The summed E-state index contributed by atoms with van der Waals surface area (Å²) < 4.78 is 0. The first kappa shape index (κ1) is 17.2. The Balaban J connectivity index is 2.65. The maximum atomic E-state index is 12.7. The standard InChI is InChI=1S/C20H16O4/c1-13(21)17(19(23)15-9-5-3-6-10-15)18(14(2)22)20(24)16-11-7-4-8-12-16/h3-12H,1-2H3/b18-17-. The van der Waals surface area contributed by atoms with E-state index in [2.05, 4.69) is 0 Å². The Bertz CT molecular complexity index is 759. The van der Waals surface area contributed by atoms with Crippen molar-refractivity contribution in [1.29, 1.82) is 0 Å². The number of hydrogen-bond acceptors (Lipinski definition) is 4. The molecule has 4 heteroatoms. The Morgan fingerprint density at radius 1 is 0.542 bits per heavy atom. The van der Waals surface area contributed by atoms with Crippen LogP contribution in [-0.2, 0) is 9.59 Å². The molecule has 0 fully saturated rings. The van der Waals surface area contributed by atoms with Gasteiger partial charge in [-0.3, -0.25) is 19.2 Å². The average molecular weight is 320 g/mol. The number of benzene rings is 2. The Morgan fingerprint density at radius 2 is 0.833 bits per heavy atom. The maximum Gasteiger partial charge on any atom is 0.197 e. The van der Waals surface area contributed by atoms with Crippen LogP contribution in [0.2, 0.25) is 0 Å². The lowest BCUT2D eigenvalue weighted by Gasteiger charge is -2.10. The fourth-order valence-electron chi connectivity index (χ4n) is 2.37. The molecule has 4 nitrogen and oxygen atoms in total. The average Bonchev–Trinajstić information content (AvgIpc) is 2.59. The third kappa shape index (κ3) is 3.60. The van der Waals surface area contributed by atoms with E-state index >= 15 is 0 Å².